The molecule has 2 aromatic rings. The summed E-state index contributed by atoms with van der Waals surface area (Å²) in [5.74, 6) is 0.181. The molecule has 0 radical (unpaired) electrons. The molecule has 0 saturated carbocycles. The van der Waals surface area contributed by atoms with Gasteiger partial charge in [-0.05, 0) is 56.7 Å². The van der Waals surface area contributed by atoms with E-state index in [0.717, 1.165) is 32.1 Å². The Balaban J connectivity index is 1.59. The van der Waals surface area contributed by atoms with Gasteiger partial charge in [0.15, 0.2) is 6.29 Å². The lowest BCUT2D eigenvalue weighted by molar-refractivity contribution is -0.163. The molecule has 2 unspecified atom stereocenters. The van der Waals surface area contributed by atoms with Crippen LogP contribution in [0.15, 0.2) is 24.4 Å². The highest BCUT2D eigenvalue weighted by molar-refractivity contribution is 6.31. The van der Waals surface area contributed by atoms with Gasteiger partial charge in [0.05, 0.1) is 23.4 Å². The number of carboxylic acid groups (broad SMARTS) is 1. The summed E-state index contributed by atoms with van der Waals surface area (Å²) in [4.78, 5) is 18.0. The molecule has 0 bridgehead atoms. The SMILES string of the molecule is O=C(O)N1CCCCC1c1nc(-c2ccc(F)c(Cl)c2)cn1CCOC1CCCCO1. The first-order valence-electron chi connectivity index (χ1n) is 10.8. The molecule has 31 heavy (non-hydrogen) atoms. The van der Waals surface area contributed by atoms with Crippen molar-refractivity contribution >= 4 is 17.7 Å². The largest absolute Gasteiger partial charge is 0.465 e. The quantitative estimate of drug-likeness (QED) is 0.661. The second-order valence-corrected chi connectivity index (χ2v) is 8.37. The van der Waals surface area contributed by atoms with E-state index in [0.29, 0.717) is 49.8 Å². The minimum atomic E-state index is -0.947. The van der Waals surface area contributed by atoms with E-state index in [9.17, 15) is 14.3 Å². The minimum absolute atomic E-state index is 0.0243. The fourth-order valence-electron chi connectivity index (χ4n) is 4.22. The van der Waals surface area contributed by atoms with Crippen LogP contribution < -0.4 is 0 Å². The summed E-state index contributed by atoms with van der Waals surface area (Å²) in [6.07, 6.45) is 6.23. The lowest BCUT2D eigenvalue weighted by Gasteiger charge is -2.33. The third-order valence-corrected chi connectivity index (χ3v) is 6.13. The predicted octanol–water partition coefficient (Wildman–Crippen LogP) is 5.09. The average Bonchev–Trinajstić information content (AvgIpc) is 3.20. The molecule has 1 aromatic carbocycles. The van der Waals surface area contributed by atoms with Gasteiger partial charge < -0.3 is 19.1 Å². The normalized spacial score (nSPS) is 21.9. The summed E-state index contributed by atoms with van der Waals surface area (Å²) in [6.45, 7) is 2.14. The molecule has 168 valence electrons. The number of likely N-dealkylation sites (tertiary alicyclic amines) is 1. The van der Waals surface area contributed by atoms with E-state index in [1.54, 1.807) is 6.07 Å². The molecule has 1 N–H and O–H groups in total. The number of amides is 1. The Hall–Kier alpha value is -2.16. The Bertz CT molecular complexity index is 916. The Kier molecular flexibility index (Phi) is 7.09. The van der Waals surface area contributed by atoms with Crippen LogP contribution in [-0.2, 0) is 16.0 Å². The van der Waals surface area contributed by atoms with Crippen LogP contribution >= 0.6 is 11.6 Å². The van der Waals surface area contributed by atoms with Crippen molar-refractivity contribution in [1.82, 2.24) is 14.5 Å². The van der Waals surface area contributed by atoms with E-state index in [1.807, 2.05) is 10.8 Å². The molecular weight excluding hydrogens is 425 g/mol. The van der Waals surface area contributed by atoms with Gasteiger partial charge in [0.1, 0.15) is 11.6 Å². The molecule has 2 aliphatic heterocycles. The summed E-state index contributed by atoms with van der Waals surface area (Å²) < 4.78 is 27.1. The molecule has 1 amide bonds. The second-order valence-electron chi connectivity index (χ2n) is 7.96. The van der Waals surface area contributed by atoms with Crippen molar-refractivity contribution in [2.24, 2.45) is 0 Å². The number of piperidine rings is 1. The van der Waals surface area contributed by atoms with Crippen LogP contribution in [-0.4, -0.2) is 51.7 Å². The molecule has 7 nitrogen and oxygen atoms in total. The molecule has 0 spiro atoms. The van der Waals surface area contributed by atoms with Crippen LogP contribution in [0.1, 0.15) is 50.4 Å². The highest BCUT2D eigenvalue weighted by atomic mass is 35.5. The molecule has 3 heterocycles. The maximum absolute atomic E-state index is 13.6. The van der Waals surface area contributed by atoms with Gasteiger partial charge in [-0.3, -0.25) is 4.90 Å². The maximum Gasteiger partial charge on any atom is 0.407 e. The third kappa shape index (κ3) is 5.19. The van der Waals surface area contributed by atoms with Crippen molar-refractivity contribution in [1.29, 1.82) is 0 Å². The van der Waals surface area contributed by atoms with E-state index in [2.05, 4.69) is 0 Å². The second kappa shape index (κ2) is 9.97. The average molecular weight is 452 g/mol. The van der Waals surface area contributed by atoms with Crippen molar-refractivity contribution in [2.75, 3.05) is 19.8 Å². The van der Waals surface area contributed by atoms with Crippen molar-refractivity contribution in [3.05, 3.63) is 41.1 Å². The van der Waals surface area contributed by atoms with E-state index in [4.69, 9.17) is 26.1 Å². The first-order chi connectivity index (χ1) is 15.0. The number of rotatable bonds is 6. The number of hydrogen-bond acceptors (Lipinski definition) is 4. The number of carbonyl (C=O) groups is 1. The van der Waals surface area contributed by atoms with Crippen LogP contribution in [0.25, 0.3) is 11.3 Å². The number of imidazole rings is 1. The third-order valence-electron chi connectivity index (χ3n) is 5.84. The number of benzene rings is 1. The molecule has 0 aliphatic carbocycles. The van der Waals surface area contributed by atoms with Gasteiger partial charge in [0, 0.05) is 31.5 Å². The van der Waals surface area contributed by atoms with Gasteiger partial charge in [-0.25, -0.2) is 14.2 Å². The zero-order valence-electron chi connectivity index (χ0n) is 17.3. The smallest absolute Gasteiger partial charge is 0.407 e. The molecule has 1 aromatic heterocycles. The standard InChI is InChI=1S/C22H27ClFN3O4/c23-16-13-15(7-8-17(16)24)18-14-26(10-12-31-20-6-2-4-11-30-20)21(25-18)19-5-1-3-9-27(19)22(28)29/h7-8,13-14,19-20H,1-6,9-12H2,(H,28,29). The number of ether oxygens (including phenoxy) is 2. The molecule has 2 fully saturated rings. The van der Waals surface area contributed by atoms with Crippen LogP contribution in [0, 0.1) is 5.82 Å². The van der Waals surface area contributed by atoms with Crippen molar-refractivity contribution in [3.63, 3.8) is 0 Å². The van der Waals surface area contributed by atoms with Gasteiger partial charge in [-0.2, -0.15) is 0 Å². The van der Waals surface area contributed by atoms with Gasteiger partial charge in [0.2, 0.25) is 0 Å². The fraction of sp³-hybridized carbons (Fsp3) is 0.545. The van der Waals surface area contributed by atoms with Crippen LogP contribution in [0.3, 0.4) is 0 Å². The van der Waals surface area contributed by atoms with E-state index >= 15 is 0 Å². The maximum atomic E-state index is 13.6. The number of nitrogens with zero attached hydrogens (tertiary/aromatic N) is 3. The Morgan fingerprint density at radius 3 is 2.87 bits per heavy atom. The van der Waals surface area contributed by atoms with Gasteiger partial charge in [0.25, 0.3) is 0 Å². The van der Waals surface area contributed by atoms with Gasteiger partial charge >= 0.3 is 6.09 Å². The fourth-order valence-corrected chi connectivity index (χ4v) is 4.40. The van der Waals surface area contributed by atoms with E-state index in [1.165, 1.54) is 17.0 Å². The lowest BCUT2D eigenvalue weighted by Crippen LogP contribution is -2.38. The summed E-state index contributed by atoms with van der Waals surface area (Å²) in [5.41, 5.74) is 1.31. The van der Waals surface area contributed by atoms with E-state index < -0.39 is 11.9 Å². The summed E-state index contributed by atoms with van der Waals surface area (Å²) in [7, 11) is 0. The Labute approximate surface area is 185 Å². The first-order valence-corrected chi connectivity index (χ1v) is 11.2. The highest BCUT2D eigenvalue weighted by Gasteiger charge is 2.31. The number of halogens is 2. The number of aromatic nitrogens is 2. The zero-order chi connectivity index (χ0) is 21.8. The Morgan fingerprint density at radius 1 is 1.29 bits per heavy atom. The highest BCUT2D eigenvalue weighted by Crippen LogP contribution is 2.33. The monoisotopic (exact) mass is 451 g/mol. The molecular formula is C22H27ClFN3O4. The molecule has 9 heteroatoms. The summed E-state index contributed by atoms with van der Waals surface area (Å²) in [6, 6.07) is 4.14. The molecule has 2 atom stereocenters. The van der Waals surface area contributed by atoms with Crippen LogP contribution in [0.2, 0.25) is 5.02 Å². The van der Waals surface area contributed by atoms with Crippen LogP contribution in [0.5, 0.6) is 0 Å². The van der Waals surface area contributed by atoms with Gasteiger partial charge in [-0.1, -0.05) is 11.6 Å². The lowest BCUT2D eigenvalue weighted by atomic mass is 10.0. The topological polar surface area (TPSA) is 76.8 Å². The van der Waals surface area contributed by atoms with E-state index in [-0.39, 0.29) is 17.4 Å². The van der Waals surface area contributed by atoms with Crippen molar-refractivity contribution in [3.8, 4) is 11.3 Å². The van der Waals surface area contributed by atoms with Crippen molar-refractivity contribution in [2.45, 2.75) is 57.4 Å². The molecule has 2 saturated heterocycles. The zero-order valence-corrected chi connectivity index (χ0v) is 18.1. The summed E-state index contributed by atoms with van der Waals surface area (Å²) >= 11 is 5.96. The first kappa shape index (κ1) is 22.0. The van der Waals surface area contributed by atoms with Crippen LogP contribution in [0.4, 0.5) is 9.18 Å². The minimum Gasteiger partial charge on any atom is -0.465 e. The predicted molar refractivity (Wildman–Crippen MR) is 113 cm³/mol. The Morgan fingerprint density at radius 2 is 2.13 bits per heavy atom. The van der Waals surface area contributed by atoms with Gasteiger partial charge in [-0.15, -0.1) is 0 Å². The summed E-state index contributed by atoms with van der Waals surface area (Å²) in [5, 5.41) is 9.71. The molecule has 4 rings (SSSR count). The molecule has 2 aliphatic rings. The number of hydrogen-bond donors (Lipinski definition) is 1. The van der Waals surface area contributed by atoms with Crippen molar-refractivity contribution < 1.29 is 23.8 Å².